The Morgan fingerprint density at radius 3 is 2.37 bits per heavy atom. The minimum atomic E-state index is -0.368. The summed E-state index contributed by atoms with van der Waals surface area (Å²) in [4.78, 5) is 47.3. The number of ketones is 1. The van der Waals surface area contributed by atoms with Gasteiger partial charge in [0.15, 0.2) is 5.78 Å². The quantitative estimate of drug-likeness (QED) is 0.150. The first kappa shape index (κ1) is 28.1. The van der Waals surface area contributed by atoms with Crippen LogP contribution in [0.1, 0.15) is 31.8 Å². The van der Waals surface area contributed by atoms with Gasteiger partial charge < -0.3 is 25.8 Å². The van der Waals surface area contributed by atoms with Crippen LogP contribution in [0, 0.1) is 0 Å². The Hall–Kier alpha value is -4.99. The molecular weight excluding hydrogens is 564 g/mol. The zero-order chi connectivity index (χ0) is 29.9. The first-order valence-corrected chi connectivity index (χ1v) is 14.3. The second-order valence-electron chi connectivity index (χ2n) is 10.5. The van der Waals surface area contributed by atoms with E-state index in [-0.39, 0.29) is 17.6 Å². The van der Waals surface area contributed by atoms with Gasteiger partial charge in [0.2, 0.25) is 0 Å². The van der Waals surface area contributed by atoms with E-state index in [1.54, 1.807) is 54.7 Å². The van der Waals surface area contributed by atoms with Crippen molar-refractivity contribution in [3.05, 3.63) is 119 Å². The molecule has 1 saturated heterocycles. The number of hydrogen-bond acceptors (Lipinski definition) is 7. The van der Waals surface area contributed by atoms with Crippen LogP contribution in [0.4, 0.5) is 22.7 Å². The van der Waals surface area contributed by atoms with E-state index < -0.39 is 0 Å². The number of benzene rings is 3. The molecule has 2 amide bonds. The van der Waals surface area contributed by atoms with Crippen molar-refractivity contribution in [1.29, 1.82) is 0 Å². The Kier molecular flexibility index (Phi) is 7.91. The van der Waals surface area contributed by atoms with E-state index in [9.17, 15) is 14.4 Å². The highest BCUT2D eigenvalue weighted by molar-refractivity contribution is 6.32. The van der Waals surface area contributed by atoms with Crippen molar-refractivity contribution >= 4 is 57.5 Å². The van der Waals surface area contributed by atoms with Gasteiger partial charge in [0, 0.05) is 78.0 Å². The van der Waals surface area contributed by atoms with Gasteiger partial charge in [0.1, 0.15) is 5.15 Å². The third-order valence-electron chi connectivity index (χ3n) is 7.56. The smallest absolute Gasteiger partial charge is 0.257 e. The minimum absolute atomic E-state index is 0.239. The average molecular weight is 593 g/mol. The molecule has 1 aromatic heterocycles. The summed E-state index contributed by atoms with van der Waals surface area (Å²) in [5, 5.41) is 9.16. The lowest BCUT2D eigenvalue weighted by Crippen LogP contribution is -2.44. The topological polar surface area (TPSA) is 107 Å². The van der Waals surface area contributed by atoms with Crippen molar-refractivity contribution in [1.82, 2.24) is 9.88 Å². The predicted molar refractivity (Wildman–Crippen MR) is 170 cm³/mol. The number of rotatable bonds is 7. The maximum absolute atomic E-state index is 13.3. The number of carbonyl (C=O) groups is 3. The maximum Gasteiger partial charge on any atom is 0.257 e. The van der Waals surface area contributed by atoms with Gasteiger partial charge in [-0.05, 0) is 61.6 Å². The fourth-order valence-corrected chi connectivity index (χ4v) is 5.20. The van der Waals surface area contributed by atoms with Crippen molar-refractivity contribution in [3.63, 3.8) is 0 Å². The molecule has 0 unspecified atom stereocenters. The number of nitrogens with one attached hydrogen (secondary N) is 3. The summed E-state index contributed by atoms with van der Waals surface area (Å²) in [5.74, 6) is -0.854. The van der Waals surface area contributed by atoms with Crippen LogP contribution in [0.25, 0.3) is 5.57 Å². The summed E-state index contributed by atoms with van der Waals surface area (Å²) in [6.45, 7) is 4.08. The summed E-state index contributed by atoms with van der Waals surface area (Å²) in [6, 6.07) is 23.1. The summed E-state index contributed by atoms with van der Waals surface area (Å²) < 4.78 is 0. The normalized spacial score (nSPS) is 15.6. The van der Waals surface area contributed by atoms with Crippen LogP contribution in [-0.2, 0) is 4.79 Å². The standard InChI is InChI=1S/C33H29ClN6O3/c1-39-13-15-40(16-14-39)26-9-7-24(8-10-26)35-20-28-27-11-5-22(18-29(27)38-33(28)43)31(41)21-3-2-4-25(17-21)37-32(42)23-6-12-30(34)36-19-23/h2-12,17-20,35H,13-16H2,1H3,(H,37,42)(H,38,43). The summed E-state index contributed by atoms with van der Waals surface area (Å²) in [6.07, 6.45) is 3.07. The summed E-state index contributed by atoms with van der Waals surface area (Å²) in [5.41, 5.74) is 5.43. The lowest BCUT2D eigenvalue weighted by atomic mass is 9.99. The first-order valence-electron chi connectivity index (χ1n) is 13.9. The Balaban J connectivity index is 1.13. The lowest BCUT2D eigenvalue weighted by Gasteiger charge is -2.34. The van der Waals surface area contributed by atoms with E-state index in [2.05, 4.69) is 49.9 Å². The highest BCUT2D eigenvalue weighted by Crippen LogP contribution is 2.33. The Labute approximate surface area is 254 Å². The number of fused-ring (bicyclic) bond motifs is 1. The molecule has 2 aliphatic rings. The first-order chi connectivity index (χ1) is 20.8. The molecule has 9 nitrogen and oxygen atoms in total. The maximum atomic E-state index is 13.3. The third-order valence-corrected chi connectivity index (χ3v) is 7.78. The van der Waals surface area contributed by atoms with Gasteiger partial charge in [-0.15, -0.1) is 0 Å². The zero-order valence-electron chi connectivity index (χ0n) is 23.4. The van der Waals surface area contributed by atoms with Gasteiger partial charge in [0.05, 0.1) is 11.1 Å². The van der Waals surface area contributed by atoms with Crippen molar-refractivity contribution in [2.24, 2.45) is 0 Å². The van der Waals surface area contributed by atoms with E-state index in [1.807, 2.05) is 12.1 Å². The number of halogens is 1. The molecule has 0 spiro atoms. The minimum Gasteiger partial charge on any atom is -0.369 e. The second kappa shape index (κ2) is 12.1. The average Bonchev–Trinajstić information content (AvgIpc) is 3.34. The van der Waals surface area contributed by atoms with E-state index in [4.69, 9.17) is 11.6 Å². The predicted octanol–water partition coefficient (Wildman–Crippen LogP) is 5.38. The van der Waals surface area contributed by atoms with Crippen molar-refractivity contribution < 1.29 is 14.4 Å². The summed E-state index contributed by atoms with van der Waals surface area (Å²) >= 11 is 5.80. The number of aromatic nitrogens is 1. The van der Waals surface area contributed by atoms with Gasteiger partial charge >= 0.3 is 0 Å². The Morgan fingerprint density at radius 2 is 1.63 bits per heavy atom. The summed E-state index contributed by atoms with van der Waals surface area (Å²) in [7, 11) is 2.14. The molecule has 3 heterocycles. The van der Waals surface area contributed by atoms with E-state index in [1.165, 1.54) is 18.0 Å². The van der Waals surface area contributed by atoms with Gasteiger partial charge in [-0.2, -0.15) is 0 Å². The fourth-order valence-electron chi connectivity index (χ4n) is 5.09. The van der Waals surface area contributed by atoms with Crippen molar-refractivity contribution in [2.75, 3.05) is 54.1 Å². The molecular formula is C33H29ClN6O3. The van der Waals surface area contributed by atoms with Crippen LogP contribution in [-0.4, -0.2) is 60.7 Å². The molecule has 3 N–H and O–H groups in total. The molecule has 6 rings (SSSR count). The SMILES string of the molecule is CN1CCN(c2ccc(NC=C3C(=O)Nc4cc(C(=O)c5cccc(NC(=O)c6ccc(Cl)nc6)c5)ccc43)cc2)CC1. The molecule has 0 bridgehead atoms. The van der Waals surface area contributed by atoms with Crippen LogP contribution in [0.5, 0.6) is 0 Å². The molecule has 216 valence electrons. The lowest BCUT2D eigenvalue weighted by molar-refractivity contribution is -0.110. The number of hydrogen-bond donors (Lipinski definition) is 3. The van der Waals surface area contributed by atoms with Gasteiger partial charge in [-0.3, -0.25) is 14.4 Å². The molecule has 0 atom stereocenters. The van der Waals surface area contributed by atoms with Crippen LogP contribution < -0.4 is 20.9 Å². The molecule has 4 aromatic rings. The molecule has 0 radical (unpaired) electrons. The van der Waals surface area contributed by atoms with Gasteiger partial charge in [0.25, 0.3) is 11.8 Å². The largest absolute Gasteiger partial charge is 0.369 e. The number of likely N-dealkylation sites (N-methyl/N-ethyl adjacent to an activating group) is 1. The van der Waals surface area contributed by atoms with E-state index in [0.29, 0.717) is 44.4 Å². The number of anilines is 4. The van der Waals surface area contributed by atoms with Crippen LogP contribution in [0.2, 0.25) is 5.15 Å². The molecule has 1 fully saturated rings. The van der Waals surface area contributed by atoms with Gasteiger partial charge in [-0.25, -0.2) is 4.98 Å². The second-order valence-corrected chi connectivity index (χ2v) is 10.9. The Morgan fingerprint density at radius 1 is 0.884 bits per heavy atom. The molecule has 43 heavy (non-hydrogen) atoms. The number of nitrogens with zero attached hydrogens (tertiary/aromatic N) is 3. The zero-order valence-corrected chi connectivity index (χ0v) is 24.2. The third kappa shape index (κ3) is 6.28. The van der Waals surface area contributed by atoms with Crippen molar-refractivity contribution in [2.45, 2.75) is 0 Å². The molecule has 2 aliphatic heterocycles. The fraction of sp³-hybridized carbons (Fsp3) is 0.152. The van der Waals surface area contributed by atoms with Crippen LogP contribution in [0.15, 0.2) is 91.3 Å². The number of pyridine rings is 1. The number of carbonyl (C=O) groups excluding carboxylic acids is 3. The Bertz CT molecular complexity index is 1730. The number of piperazine rings is 1. The van der Waals surface area contributed by atoms with Crippen LogP contribution >= 0.6 is 11.6 Å². The molecule has 10 heteroatoms. The van der Waals surface area contributed by atoms with Crippen molar-refractivity contribution in [3.8, 4) is 0 Å². The van der Waals surface area contributed by atoms with Gasteiger partial charge in [-0.1, -0.05) is 35.9 Å². The molecule has 0 saturated carbocycles. The number of amides is 2. The van der Waals surface area contributed by atoms with E-state index >= 15 is 0 Å². The highest BCUT2D eigenvalue weighted by atomic mass is 35.5. The van der Waals surface area contributed by atoms with E-state index in [0.717, 1.165) is 31.9 Å². The monoisotopic (exact) mass is 592 g/mol. The van der Waals surface area contributed by atoms with Crippen LogP contribution in [0.3, 0.4) is 0 Å². The molecule has 3 aromatic carbocycles. The highest BCUT2D eigenvalue weighted by Gasteiger charge is 2.25. The molecule has 0 aliphatic carbocycles.